The Morgan fingerprint density at radius 1 is 1.18 bits per heavy atom. The molecule has 1 aromatic carbocycles. The van der Waals surface area contributed by atoms with E-state index in [4.69, 9.17) is 4.74 Å². The summed E-state index contributed by atoms with van der Waals surface area (Å²) in [5, 5.41) is 2.28. The first kappa shape index (κ1) is 22.4. The summed E-state index contributed by atoms with van der Waals surface area (Å²) >= 11 is 0. The molecule has 4 rings (SSSR count). The van der Waals surface area contributed by atoms with Gasteiger partial charge in [-0.3, -0.25) is 24.6 Å². The first-order chi connectivity index (χ1) is 15.5. The van der Waals surface area contributed by atoms with Crippen molar-refractivity contribution in [2.75, 3.05) is 11.9 Å². The van der Waals surface area contributed by atoms with Crippen LogP contribution in [0.1, 0.15) is 55.1 Å². The second-order valence-corrected chi connectivity index (χ2v) is 9.30. The molecule has 1 N–H and O–H groups in total. The number of anilines is 1. The van der Waals surface area contributed by atoms with Crippen LogP contribution in [-0.2, 0) is 21.5 Å². The Kier molecular flexibility index (Phi) is 5.65. The molecule has 1 atom stereocenters. The van der Waals surface area contributed by atoms with Gasteiger partial charge in [0, 0.05) is 31.8 Å². The first-order valence-corrected chi connectivity index (χ1v) is 10.7. The Labute approximate surface area is 191 Å². The van der Waals surface area contributed by atoms with Crippen LogP contribution in [0.2, 0.25) is 0 Å². The van der Waals surface area contributed by atoms with Crippen LogP contribution in [0, 0.1) is 0 Å². The lowest BCUT2D eigenvalue weighted by atomic mass is 9.88. The average Bonchev–Trinajstić information content (AvgIpc) is 3.08. The van der Waals surface area contributed by atoms with Crippen molar-refractivity contribution in [3.05, 3.63) is 53.2 Å². The summed E-state index contributed by atoms with van der Waals surface area (Å²) in [6.07, 6.45) is 1.57. The van der Waals surface area contributed by atoms with Gasteiger partial charge in [0.15, 0.2) is 0 Å². The maximum absolute atomic E-state index is 12.9. The minimum Gasteiger partial charge on any atom is -0.410 e. The number of rotatable bonds is 3. The molecule has 0 aliphatic carbocycles. The number of benzene rings is 1. The Hall–Kier alpha value is -3.75. The number of carbonyl (C=O) groups is 4. The summed E-state index contributed by atoms with van der Waals surface area (Å²) in [7, 11) is 1.56. The van der Waals surface area contributed by atoms with E-state index in [9.17, 15) is 19.2 Å². The monoisotopic (exact) mass is 450 g/mol. The molecule has 9 heteroatoms. The number of aromatic nitrogens is 1. The largest absolute Gasteiger partial charge is 0.420 e. The highest BCUT2D eigenvalue weighted by Gasteiger charge is 2.39. The van der Waals surface area contributed by atoms with Crippen molar-refractivity contribution in [2.24, 2.45) is 0 Å². The predicted molar refractivity (Wildman–Crippen MR) is 120 cm³/mol. The Bertz CT molecular complexity index is 1140. The van der Waals surface area contributed by atoms with Gasteiger partial charge in [-0.15, -0.1) is 0 Å². The van der Waals surface area contributed by atoms with Crippen LogP contribution in [-0.4, -0.2) is 46.8 Å². The third-order valence-electron chi connectivity index (χ3n) is 5.94. The molecule has 2 aromatic rings. The fourth-order valence-electron chi connectivity index (χ4n) is 3.89. The van der Waals surface area contributed by atoms with E-state index in [1.807, 2.05) is 6.07 Å². The van der Waals surface area contributed by atoms with Gasteiger partial charge < -0.3 is 9.64 Å². The van der Waals surface area contributed by atoms with E-state index >= 15 is 0 Å². The molecule has 1 aromatic heterocycles. The molecule has 0 spiro atoms. The summed E-state index contributed by atoms with van der Waals surface area (Å²) < 4.78 is 5.47. The van der Waals surface area contributed by atoms with E-state index in [1.54, 1.807) is 31.4 Å². The maximum Gasteiger partial charge on any atom is 0.420 e. The van der Waals surface area contributed by atoms with E-state index in [1.165, 1.54) is 15.9 Å². The van der Waals surface area contributed by atoms with Crippen LogP contribution in [0.3, 0.4) is 0 Å². The molecule has 0 bridgehead atoms. The summed E-state index contributed by atoms with van der Waals surface area (Å²) in [5.74, 6) is -0.471. The van der Waals surface area contributed by atoms with Crippen molar-refractivity contribution < 1.29 is 23.9 Å². The quantitative estimate of drug-likeness (QED) is 0.721. The van der Waals surface area contributed by atoms with E-state index in [2.05, 4.69) is 31.1 Å². The molecule has 0 saturated carbocycles. The Morgan fingerprint density at radius 2 is 1.94 bits per heavy atom. The van der Waals surface area contributed by atoms with Crippen LogP contribution < -0.4 is 15.0 Å². The lowest BCUT2D eigenvalue weighted by Gasteiger charge is -2.29. The summed E-state index contributed by atoms with van der Waals surface area (Å²) in [5.41, 5.74) is 2.10. The van der Waals surface area contributed by atoms with Gasteiger partial charge in [0.2, 0.25) is 11.8 Å². The predicted octanol–water partition coefficient (Wildman–Crippen LogP) is 2.78. The maximum atomic E-state index is 12.9. The van der Waals surface area contributed by atoms with Gasteiger partial charge in [0.05, 0.1) is 0 Å². The number of nitrogens with one attached hydrogen (secondary N) is 1. The highest BCUT2D eigenvalue weighted by atomic mass is 16.6. The SMILES string of the molecule is CN(C(=O)Oc1ccc2c(c1)C(=O)N(C1CCC(=O)NC1=O)C2)c1ccc(C(C)(C)C)cn1. The number of imide groups is 1. The molecule has 33 heavy (non-hydrogen) atoms. The lowest BCUT2D eigenvalue weighted by Crippen LogP contribution is -2.52. The number of piperidine rings is 1. The average molecular weight is 450 g/mol. The van der Waals surface area contributed by atoms with Gasteiger partial charge in [-0.25, -0.2) is 9.78 Å². The number of amides is 4. The third kappa shape index (κ3) is 4.44. The number of pyridine rings is 1. The lowest BCUT2D eigenvalue weighted by molar-refractivity contribution is -0.136. The zero-order chi connectivity index (χ0) is 23.9. The highest BCUT2D eigenvalue weighted by molar-refractivity contribution is 6.05. The van der Waals surface area contributed by atoms with Crippen molar-refractivity contribution in [1.29, 1.82) is 0 Å². The van der Waals surface area contributed by atoms with Gasteiger partial charge >= 0.3 is 6.09 Å². The van der Waals surface area contributed by atoms with Crippen molar-refractivity contribution in [1.82, 2.24) is 15.2 Å². The van der Waals surface area contributed by atoms with Gasteiger partial charge in [-0.1, -0.05) is 32.9 Å². The van der Waals surface area contributed by atoms with E-state index in [0.29, 0.717) is 11.4 Å². The zero-order valence-electron chi connectivity index (χ0n) is 19.0. The summed E-state index contributed by atoms with van der Waals surface area (Å²) in [4.78, 5) is 56.3. The Morgan fingerprint density at radius 3 is 2.58 bits per heavy atom. The topological polar surface area (TPSA) is 109 Å². The van der Waals surface area contributed by atoms with Crippen LogP contribution in [0.4, 0.5) is 10.6 Å². The molecular weight excluding hydrogens is 424 g/mol. The normalized spacial score (nSPS) is 18.1. The summed E-state index contributed by atoms with van der Waals surface area (Å²) in [6.45, 7) is 6.51. The van der Waals surface area contributed by atoms with Gasteiger partial charge in [-0.05, 0) is 41.2 Å². The number of nitrogens with zero attached hydrogens (tertiary/aromatic N) is 3. The number of ether oxygens (including phenoxy) is 1. The zero-order valence-corrected chi connectivity index (χ0v) is 19.0. The standard InChI is InChI=1S/C24H26N4O5/c1-24(2,3)15-6-9-19(25-12-15)27(4)23(32)33-16-7-5-14-13-28(22(31)17(14)11-16)18-8-10-20(29)26-21(18)30/h5-7,9,11-12,18H,8,10,13H2,1-4H3,(H,26,29,30). The third-order valence-corrected chi connectivity index (χ3v) is 5.94. The molecule has 1 saturated heterocycles. The second kappa shape index (κ2) is 8.31. The fraction of sp³-hybridized carbons (Fsp3) is 0.375. The fourth-order valence-corrected chi connectivity index (χ4v) is 3.89. The van der Waals surface area contributed by atoms with Crippen molar-refractivity contribution in [2.45, 2.75) is 51.6 Å². The molecule has 2 aliphatic heterocycles. The van der Waals surface area contributed by atoms with E-state index in [-0.39, 0.29) is 42.4 Å². The molecule has 3 heterocycles. The molecule has 4 amide bonds. The summed E-state index contributed by atoms with van der Waals surface area (Å²) in [6, 6.07) is 7.81. The van der Waals surface area contributed by atoms with Crippen LogP contribution in [0.15, 0.2) is 36.5 Å². The Balaban J connectivity index is 1.45. The van der Waals surface area contributed by atoms with E-state index in [0.717, 1.165) is 11.1 Å². The first-order valence-electron chi connectivity index (χ1n) is 10.7. The van der Waals surface area contributed by atoms with Gasteiger partial charge in [0.25, 0.3) is 5.91 Å². The minimum atomic E-state index is -0.693. The molecule has 2 aliphatic rings. The van der Waals surface area contributed by atoms with Crippen LogP contribution in [0.25, 0.3) is 0 Å². The smallest absolute Gasteiger partial charge is 0.410 e. The molecule has 0 radical (unpaired) electrons. The number of hydrogen-bond acceptors (Lipinski definition) is 6. The number of fused-ring (bicyclic) bond motifs is 1. The van der Waals surface area contributed by atoms with E-state index < -0.39 is 18.0 Å². The van der Waals surface area contributed by atoms with Crippen molar-refractivity contribution >= 4 is 29.6 Å². The van der Waals surface area contributed by atoms with Crippen LogP contribution in [0.5, 0.6) is 5.75 Å². The number of hydrogen-bond donors (Lipinski definition) is 1. The van der Waals surface area contributed by atoms with Gasteiger partial charge in [-0.2, -0.15) is 0 Å². The molecule has 1 unspecified atom stereocenters. The second-order valence-electron chi connectivity index (χ2n) is 9.30. The molecular formula is C24H26N4O5. The number of carbonyl (C=O) groups excluding carboxylic acids is 4. The molecule has 1 fully saturated rings. The van der Waals surface area contributed by atoms with Gasteiger partial charge in [0.1, 0.15) is 17.6 Å². The minimum absolute atomic E-state index is 0.0523. The van der Waals surface area contributed by atoms with Crippen molar-refractivity contribution in [3.63, 3.8) is 0 Å². The van der Waals surface area contributed by atoms with Crippen LogP contribution >= 0.6 is 0 Å². The molecule has 172 valence electrons. The molecule has 9 nitrogen and oxygen atoms in total. The van der Waals surface area contributed by atoms with Crippen molar-refractivity contribution in [3.8, 4) is 5.75 Å². The highest BCUT2D eigenvalue weighted by Crippen LogP contribution is 2.30.